The lowest BCUT2D eigenvalue weighted by Crippen LogP contribution is -2.36. The van der Waals surface area contributed by atoms with E-state index in [9.17, 15) is 8.42 Å². The Balaban J connectivity index is 2.51. The van der Waals surface area contributed by atoms with Crippen molar-refractivity contribution < 1.29 is 13.6 Å². The number of nitrogens with zero attached hydrogens (tertiary/aromatic N) is 1. The maximum absolute atomic E-state index is 10.9. The number of nitrogens with one attached hydrogen (secondary N) is 2. The minimum Gasteiger partial charge on any atom is -0.409 e. The van der Waals surface area contributed by atoms with Crippen LogP contribution in [0.15, 0.2) is 35.5 Å². The van der Waals surface area contributed by atoms with Crippen LogP contribution in [0.1, 0.15) is 11.5 Å². The summed E-state index contributed by atoms with van der Waals surface area (Å²) in [7, 11) is -3.18. The normalized spacial score (nSPS) is 14.2. The number of sulfonamides is 1. The van der Waals surface area contributed by atoms with Crippen LogP contribution in [0.5, 0.6) is 0 Å². The highest BCUT2D eigenvalue weighted by Crippen LogP contribution is 2.14. The molecule has 20 heavy (non-hydrogen) atoms. The molecule has 0 aromatic heterocycles. The lowest BCUT2D eigenvalue weighted by molar-refractivity contribution is 0.315. The highest BCUT2D eigenvalue weighted by molar-refractivity contribution is 7.88. The molecule has 1 atom stereocenters. The monoisotopic (exact) mass is 300 g/mol. The summed E-state index contributed by atoms with van der Waals surface area (Å²) >= 11 is 0. The number of amidine groups is 1. The van der Waals surface area contributed by atoms with Gasteiger partial charge in [-0.1, -0.05) is 35.5 Å². The van der Waals surface area contributed by atoms with Gasteiger partial charge in [-0.3, -0.25) is 0 Å². The molecule has 0 aliphatic carbocycles. The van der Waals surface area contributed by atoms with E-state index in [4.69, 9.17) is 10.9 Å². The molecule has 0 bridgehead atoms. The van der Waals surface area contributed by atoms with Gasteiger partial charge in [0.2, 0.25) is 10.0 Å². The Morgan fingerprint density at radius 1 is 1.35 bits per heavy atom. The van der Waals surface area contributed by atoms with Crippen LogP contribution >= 0.6 is 0 Å². The van der Waals surface area contributed by atoms with Gasteiger partial charge in [0, 0.05) is 19.6 Å². The summed E-state index contributed by atoms with van der Waals surface area (Å²) in [6.07, 6.45) is 1.11. The maximum atomic E-state index is 10.9. The highest BCUT2D eigenvalue weighted by atomic mass is 32.2. The standard InChI is InChI=1S/C12H20N4O3S/c1-20(18,19)15-8-7-14-9-11(12(13)16-17)10-5-3-2-4-6-10/h2-6,11,14-15,17H,7-9H2,1H3,(H2,13,16). The van der Waals surface area contributed by atoms with Crippen molar-refractivity contribution in [2.45, 2.75) is 5.92 Å². The first-order valence-electron chi connectivity index (χ1n) is 6.11. The van der Waals surface area contributed by atoms with Crippen molar-refractivity contribution in [2.75, 3.05) is 25.9 Å². The zero-order valence-electron chi connectivity index (χ0n) is 11.3. The first-order valence-corrected chi connectivity index (χ1v) is 8.01. The van der Waals surface area contributed by atoms with E-state index >= 15 is 0 Å². The topological polar surface area (TPSA) is 117 Å². The summed E-state index contributed by atoms with van der Waals surface area (Å²) in [6.45, 7) is 1.19. The van der Waals surface area contributed by atoms with Crippen molar-refractivity contribution in [1.29, 1.82) is 0 Å². The predicted octanol–water partition coefficient (Wildman–Crippen LogP) is -0.345. The van der Waals surface area contributed by atoms with Crippen LogP contribution in [0.25, 0.3) is 0 Å². The molecule has 112 valence electrons. The van der Waals surface area contributed by atoms with Gasteiger partial charge in [-0.15, -0.1) is 0 Å². The molecule has 0 radical (unpaired) electrons. The highest BCUT2D eigenvalue weighted by Gasteiger charge is 2.15. The molecule has 0 saturated carbocycles. The molecule has 1 rings (SSSR count). The van der Waals surface area contributed by atoms with Crippen molar-refractivity contribution in [3.05, 3.63) is 35.9 Å². The number of rotatable bonds is 8. The van der Waals surface area contributed by atoms with Crippen molar-refractivity contribution in [3.63, 3.8) is 0 Å². The fourth-order valence-electron chi connectivity index (χ4n) is 1.72. The first-order chi connectivity index (χ1) is 9.44. The molecule has 8 heteroatoms. The van der Waals surface area contributed by atoms with E-state index in [0.29, 0.717) is 13.1 Å². The van der Waals surface area contributed by atoms with Gasteiger partial charge in [0.05, 0.1) is 12.2 Å². The summed E-state index contributed by atoms with van der Waals surface area (Å²) in [4.78, 5) is 0. The number of oxime groups is 1. The quantitative estimate of drug-likeness (QED) is 0.172. The summed E-state index contributed by atoms with van der Waals surface area (Å²) < 4.78 is 24.2. The van der Waals surface area contributed by atoms with Gasteiger partial charge < -0.3 is 16.3 Å². The smallest absolute Gasteiger partial charge is 0.208 e. The summed E-state index contributed by atoms with van der Waals surface area (Å²) in [5.74, 6) is -0.154. The maximum Gasteiger partial charge on any atom is 0.208 e. The Hall–Kier alpha value is -1.64. The van der Waals surface area contributed by atoms with E-state index in [0.717, 1.165) is 11.8 Å². The molecule has 0 aliphatic rings. The molecule has 0 aliphatic heterocycles. The SMILES string of the molecule is CS(=O)(=O)NCCNCC(C(N)=NO)c1ccccc1. The van der Waals surface area contributed by atoms with Crippen molar-refractivity contribution in [3.8, 4) is 0 Å². The van der Waals surface area contributed by atoms with E-state index in [1.54, 1.807) is 0 Å². The molecule has 0 spiro atoms. The molecular formula is C12H20N4O3S. The summed E-state index contributed by atoms with van der Waals surface area (Å²) in [5, 5.41) is 14.9. The second-order valence-electron chi connectivity index (χ2n) is 4.36. The molecule has 0 amide bonds. The molecule has 0 saturated heterocycles. The molecule has 0 heterocycles. The molecule has 1 aromatic carbocycles. The van der Waals surface area contributed by atoms with Gasteiger partial charge in [-0.05, 0) is 5.56 Å². The second-order valence-corrected chi connectivity index (χ2v) is 6.19. The minimum absolute atomic E-state index is 0.111. The van der Waals surface area contributed by atoms with E-state index in [1.165, 1.54) is 0 Å². The van der Waals surface area contributed by atoms with Crippen molar-refractivity contribution in [2.24, 2.45) is 10.9 Å². The largest absolute Gasteiger partial charge is 0.409 e. The fourth-order valence-corrected chi connectivity index (χ4v) is 2.19. The van der Waals surface area contributed by atoms with Crippen LogP contribution in [0.2, 0.25) is 0 Å². The lowest BCUT2D eigenvalue weighted by atomic mass is 9.98. The second kappa shape index (κ2) is 7.83. The van der Waals surface area contributed by atoms with Crippen LogP contribution in [-0.4, -0.2) is 45.4 Å². The molecular weight excluding hydrogens is 280 g/mol. The number of nitrogens with two attached hydrogens (primary N) is 1. The fraction of sp³-hybridized carbons (Fsp3) is 0.417. The van der Waals surface area contributed by atoms with E-state index in [2.05, 4.69) is 15.2 Å². The Bertz CT molecular complexity index is 531. The van der Waals surface area contributed by atoms with Gasteiger partial charge in [-0.2, -0.15) is 0 Å². The third-order valence-corrected chi connectivity index (χ3v) is 3.42. The average molecular weight is 300 g/mol. The summed E-state index contributed by atoms with van der Waals surface area (Å²) in [5.41, 5.74) is 6.60. The molecule has 7 nitrogen and oxygen atoms in total. The zero-order valence-corrected chi connectivity index (χ0v) is 12.1. The Labute approximate surface area is 118 Å². The summed E-state index contributed by atoms with van der Waals surface area (Å²) in [6, 6.07) is 9.41. The van der Waals surface area contributed by atoms with E-state index < -0.39 is 10.0 Å². The van der Waals surface area contributed by atoms with Crippen LogP contribution in [-0.2, 0) is 10.0 Å². The molecule has 0 fully saturated rings. The Morgan fingerprint density at radius 2 is 2.00 bits per heavy atom. The van der Waals surface area contributed by atoms with Crippen LogP contribution in [0.4, 0.5) is 0 Å². The minimum atomic E-state index is -3.18. The van der Waals surface area contributed by atoms with Crippen LogP contribution < -0.4 is 15.8 Å². The van der Waals surface area contributed by atoms with Gasteiger partial charge in [0.15, 0.2) is 0 Å². The first kappa shape index (κ1) is 16.4. The number of hydrogen-bond acceptors (Lipinski definition) is 5. The van der Waals surface area contributed by atoms with Gasteiger partial charge in [-0.25, -0.2) is 13.1 Å². The Kier molecular flexibility index (Phi) is 6.43. The lowest BCUT2D eigenvalue weighted by Gasteiger charge is -2.16. The molecule has 5 N–H and O–H groups in total. The van der Waals surface area contributed by atoms with E-state index in [-0.39, 0.29) is 18.3 Å². The van der Waals surface area contributed by atoms with E-state index in [1.807, 2.05) is 30.3 Å². The third-order valence-electron chi connectivity index (χ3n) is 2.69. The van der Waals surface area contributed by atoms with Crippen molar-refractivity contribution in [1.82, 2.24) is 10.0 Å². The van der Waals surface area contributed by atoms with Gasteiger partial charge in [0.25, 0.3) is 0 Å². The predicted molar refractivity (Wildman–Crippen MR) is 78.3 cm³/mol. The van der Waals surface area contributed by atoms with Gasteiger partial charge in [0.1, 0.15) is 5.84 Å². The third kappa shape index (κ3) is 6.00. The molecule has 1 unspecified atom stereocenters. The zero-order chi connectivity index (χ0) is 15.0. The Morgan fingerprint density at radius 3 is 2.55 bits per heavy atom. The number of benzene rings is 1. The number of hydrogen-bond donors (Lipinski definition) is 4. The van der Waals surface area contributed by atoms with Crippen LogP contribution in [0.3, 0.4) is 0 Å². The van der Waals surface area contributed by atoms with Crippen molar-refractivity contribution >= 4 is 15.9 Å². The average Bonchev–Trinajstić information content (AvgIpc) is 2.42. The molecule has 1 aromatic rings. The van der Waals surface area contributed by atoms with Gasteiger partial charge >= 0.3 is 0 Å². The van der Waals surface area contributed by atoms with Crippen LogP contribution in [0, 0.1) is 0 Å².